The number of methoxy groups -OCH3 is 1. The number of rotatable bonds is 6. The fraction of sp³-hybridized carbons (Fsp3) is 0.455. The Labute approximate surface area is 172 Å². The van der Waals surface area contributed by atoms with E-state index in [4.69, 9.17) is 16.3 Å². The van der Waals surface area contributed by atoms with Gasteiger partial charge in [0.25, 0.3) is 11.6 Å². The van der Waals surface area contributed by atoms with Crippen LogP contribution < -0.4 is 14.4 Å². The van der Waals surface area contributed by atoms with E-state index in [-0.39, 0.29) is 11.1 Å². The number of nitrogens with zero attached hydrogens (tertiary/aromatic N) is 3. The van der Waals surface area contributed by atoms with Gasteiger partial charge in [0, 0.05) is 31.1 Å². The number of allylic oxidation sites excluding steroid dienone is 2. The molecule has 0 fully saturated rings. The van der Waals surface area contributed by atoms with Gasteiger partial charge in [-0.15, -0.1) is 0 Å². The van der Waals surface area contributed by atoms with Crippen LogP contribution in [0.15, 0.2) is 29.8 Å². The highest BCUT2D eigenvalue weighted by atomic mass is 35.5. The van der Waals surface area contributed by atoms with E-state index in [0.29, 0.717) is 23.7 Å². The van der Waals surface area contributed by atoms with Crippen molar-refractivity contribution in [3.63, 3.8) is 0 Å². The number of likely N-dealkylation sites (N-methyl/N-ethyl adjacent to an activating group) is 1. The molecule has 0 saturated heterocycles. The topological polar surface area (TPSA) is 52.3 Å². The normalized spacial score (nSPS) is 15.5. The Morgan fingerprint density at radius 3 is 2.82 bits per heavy atom. The summed E-state index contributed by atoms with van der Waals surface area (Å²) in [5, 5.41) is 12.8. The second kappa shape index (κ2) is 8.39. The Balaban J connectivity index is 2.01. The molecule has 1 aliphatic heterocycles. The molecular weight excluding hydrogens is 374 g/mol. The third kappa shape index (κ3) is 3.81. The maximum atomic E-state index is 12.7. The quantitative estimate of drug-likeness (QED) is 0.410. The van der Waals surface area contributed by atoms with Crippen molar-refractivity contribution in [3.8, 4) is 5.88 Å². The van der Waals surface area contributed by atoms with E-state index < -0.39 is 0 Å². The Morgan fingerprint density at radius 2 is 2.18 bits per heavy atom. The molecule has 2 heterocycles. The van der Waals surface area contributed by atoms with Crippen molar-refractivity contribution in [1.82, 2.24) is 4.98 Å². The summed E-state index contributed by atoms with van der Waals surface area (Å²) >= 11 is 6.17. The van der Waals surface area contributed by atoms with E-state index in [2.05, 4.69) is 54.9 Å². The van der Waals surface area contributed by atoms with Crippen molar-refractivity contribution in [2.45, 2.75) is 46.5 Å². The monoisotopic (exact) mass is 401 g/mol. The summed E-state index contributed by atoms with van der Waals surface area (Å²) in [6.07, 6.45) is 3.71. The zero-order chi connectivity index (χ0) is 20.4. The number of hydrogen-bond donors (Lipinski definition) is 0. The van der Waals surface area contributed by atoms with E-state index in [9.17, 15) is 5.21 Å². The zero-order valence-corrected chi connectivity index (χ0v) is 18.0. The van der Waals surface area contributed by atoms with Gasteiger partial charge in [0.1, 0.15) is 5.69 Å². The van der Waals surface area contributed by atoms with Gasteiger partial charge in [0.2, 0.25) is 0 Å². The van der Waals surface area contributed by atoms with E-state index >= 15 is 0 Å². The summed E-state index contributed by atoms with van der Waals surface area (Å²) in [7, 11) is 1.54. The lowest BCUT2D eigenvalue weighted by Crippen LogP contribution is -2.36. The number of ether oxygens (including phenoxy) is 1. The van der Waals surface area contributed by atoms with Crippen LogP contribution in [0.1, 0.15) is 49.2 Å². The molecule has 0 spiro atoms. The highest BCUT2D eigenvalue weighted by Gasteiger charge is 2.34. The molecule has 0 bridgehead atoms. The molecular formula is C22H28ClN3O2. The highest BCUT2D eigenvalue weighted by molar-refractivity contribution is 6.29. The van der Waals surface area contributed by atoms with Gasteiger partial charge in [0.05, 0.1) is 7.11 Å². The second-order valence-electron chi connectivity index (χ2n) is 7.52. The fourth-order valence-electron chi connectivity index (χ4n) is 3.90. The smallest absolute Gasteiger partial charge is 0.308 e. The summed E-state index contributed by atoms with van der Waals surface area (Å²) in [5.74, 6) is 0.547. The number of benzene rings is 1. The van der Waals surface area contributed by atoms with Gasteiger partial charge in [0.15, 0.2) is 0 Å². The summed E-state index contributed by atoms with van der Waals surface area (Å²) < 4.78 is 6.16. The molecule has 0 aliphatic carbocycles. The Morgan fingerprint density at radius 1 is 1.43 bits per heavy atom. The molecule has 1 unspecified atom stereocenters. The molecule has 2 aromatic rings. The third-order valence-corrected chi connectivity index (χ3v) is 5.76. The summed E-state index contributed by atoms with van der Waals surface area (Å²) in [6.45, 7) is 9.92. The summed E-state index contributed by atoms with van der Waals surface area (Å²) in [4.78, 5) is 6.76. The van der Waals surface area contributed by atoms with Gasteiger partial charge in [-0.1, -0.05) is 29.8 Å². The van der Waals surface area contributed by atoms with Crippen LogP contribution in [0.5, 0.6) is 5.88 Å². The highest BCUT2D eigenvalue weighted by Crippen LogP contribution is 2.41. The molecule has 1 aromatic carbocycles. The SMILES string of the molecule is CCN1CC(Cc2c(OC)nc(C)c(Cl)[n+]2[O-])c2cccc(CC=C(C)C)c21. The number of fused-ring (bicyclic) bond motifs is 1. The largest absolute Gasteiger partial charge is 0.617 e. The van der Waals surface area contributed by atoms with Crippen LogP contribution in [0, 0.1) is 12.1 Å². The van der Waals surface area contributed by atoms with Crippen LogP contribution in [0.2, 0.25) is 5.15 Å². The first-order valence-electron chi connectivity index (χ1n) is 9.69. The number of para-hydroxylation sites is 1. The van der Waals surface area contributed by atoms with Crippen molar-refractivity contribution in [1.29, 1.82) is 0 Å². The predicted octanol–water partition coefficient (Wildman–Crippen LogP) is 4.36. The number of anilines is 1. The molecule has 3 rings (SSSR count). The first kappa shape index (κ1) is 20.5. The van der Waals surface area contributed by atoms with Gasteiger partial charge >= 0.3 is 5.15 Å². The molecule has 0 radical (unpaired) electrons. The Kier molecular flexibility index (Phi) is 6.14. The average molecular weight is 402 g/mol. The number of aryl methyl sites for hydroxylation is 1. The molecule has 0 N–H and O–H groups in total. The van der Waals surface area contributed by atoms with Crippen LogP contribution >= 0.6 is 11.6 Å². The first-order valence-corrected chi connectivity index (χ1v) is 10.1. The van der Waals surface area contributed by atoms with E-state index in [1.165, 1.54) is 29.5 Å². The van der Waals surface area contributed by atoms with Crippen molar-refractivity contribution in [3.05, 3.63) is 62.7 Å². The van der Waals surface area contributed by atoms with Gasteiger partial charge in [-0.05, 0) is 56.8 Å². The standard InChI is InChI=1S/C22H28ClN3O2/c1-6-25-13-17(12-19-22(28-5)24-15(4)21(23)26(19)27)18-9-7-8-16(20(18)25)11-10-14(2)3/h7-10,17H,6,11-13H2,1-5H3. The molecule has 150 valence electrons. The number of halogens is 1. The summed E-state index contributed by atoms with van der Waals surface area (Å²) in [6, 6.07) is 6.48. The lowest BCUT2D eigenvalue weighted by molar-refractivity contribution is -0.613. The lowest BCUT2D eigenvalue weighted by Gasteiger charge is -2.20. The maximum absolute atomic E-state index is 12.7. The van der Waals surface area contributed by atoms with Crippen LogP contribution in [0.3, 0.4) is 0 Å². The first-order chi connectivity index (χ1) is 13.4. The molecule has 28 heavy (non-hydrogen) atoms. The van der Waals surface area contributed by atoms with Crippen molar-refractivity contribution >= 4 is 17.3 Å². The van der Waals surface area contributed by atoms with Crippen LogP contribution in [0.4, 0.5) is 5.69 Å². The third-order valence-electron chi connectivity index (χ3n) is 5.33. The van der Waals surface area contributed by atoms with Crippen LogP contribution in [-0.4, -0.2) is 25.2 Å². The predicted molar refractivity (Wildman–Crippen MR) is 113 cm³/mol. The van der Waals surface area contributed by atoms with Gasteiger partial charge in [-0.3, -0.25) is 0 Å². The van der Waals surface area contributed by atoms with E-state index in [0.717, 1.165) is 24.2 Å². The second-order valence-corrected chi connectivity index (χ2v) is 7.88. The maximum Gasteiger partial charge on any atom is 0.308 e. The van der Waals surface area contributed by atoms with Crippen LogP contribution in [-0.2, 0) is 12.8 Å². The summed E-state index contributed by atoms with van der Waals surface area (Å²) in [5.41, 5.74) is 6.18. The molecule has 1 aromatic heterocycles. The van der Waals surface area contributed by atoms with E-state index in [1.54, 1.807) is 6.92 Å². The van der Waals surface area contributed by atoms with Gasteiger partial charge < -0.3 is 14.8 Å². The van der Waals surface area contributed by atoms with Crippen LogP contribution in [0.25, 0.3) is 0 Å². The van der Waals surface area contributed by atoms with Crippen molar-refractivity contribution in [2.24, 2.45) is 0 Å². The molecule has 1 atom stereocenters. The van der Waals surface area contributed by atoms with Crippen molar-refractivity contribution in [2.75, 3.05) is 25.1 Å². The Bertz CT molecular complexity index is 907. The Hall–Kier alpha value is -2.27. The average Bonchev–Trinajstić information content (AvgIpc) is 3.04. The molecule has 0 amide bonds. The van der Waals surface area contributed by atoms with E-state index in [1.807, 2.05) is 0 Å². The molecule has 1 aliphatic rings. The molecule has 5 nitrogen and oxygen atoms in total. The lowest BCUT2D eigenvalue weighted by atomic mass is 9.94. The minimum absolute atomic E-state index is 0.110. The minimum atomic E-state index is 0.110. The zero-order valence-electron chi connectivity index (χ0n) is 17.3. The van der Waals surface area contributed by atoms with Gasteiger partial charge in [-0.25, -0.2) is 4.98 Å². The fourth-order valence-corrected chi connectivity index (χ4v) is 4.05. The number of aromatic nitrogens is 2. The number of hydrogen-bond acceptors (Lipinski definition) is 4. The molecule has 6 heteroatoms. The minimum Gasteiger partial charge on any atom is -0.617 e. The molecule has 0 saturated carbocycles. The van der Waals surface area contributed by atoms with Gasteiger partial charge in [-0.2, -0.15) is 4.73 Å². The van der Waals surface area contributed by atoms with Crippen molar-refractivity contribution < 1.29 is 9.47 Å².